The van der Waals surface area contributed by atoms with E-state index in [0.717, 1.165) is 18.8 Å². The van der Waals surface area contributed by atoms with E-state index in [2.05, 4.69) is 4.90 Å². The van der Waals surface area contributed by atoms with Crippen molar-refractivity contribution in [1.82, 2.24) is 9.80 Å². The lowest BCUT2D eigenvalue weighted by Gasteiger charge is -2.25. The van der Waals surface area contributed by atoms with Gasteiger partial charge < -0.3 is 19.4 Å². The van der Waals surface area contributed by atoms with E-state index in [4.69, 9.17) is 16.3 Å². The van der Waals surface area contributed by atoms with Crippen LogP contribution in [-0.4, -0.2) is 73.6 Å². The van der Waals surface area contributed by atoms with E-state index < -0.39 is 0 Å². The van der Waals surface area contributed by atoms with E-state index in [1.165, 1.54) is 12.8 Å². The minimum atomic E-state index is -0.116. The number of halogens is 1. The Morgan fingerprint density at radius 1 is 1.23 bits per heavy atom. The highest BCUT2D eigenvalue weighted by molar-refractivity contribution is 6.33. The molecule has 0 saturated carbocycles. The molecule has 3 aliphatic rings. The summed E-state index contributed by atoms with van der Waals surface area (Å²) in [7, 11) is 1.80. The van der Waals surface area contributed by atoms with Crippen LogP contribution in [0.1, 0.15) is 29.6 Å². The van der Waals surface area contributed by atoms with E-state index in [0.29, 0.717) is 36.7 Å². The fraction of sp³-hybridized carbons (Fsp3) is 0.579. The van der Waals surface area contributed by atoms with Crippen molar-refractivity contribution in [2.24, 2.45) is 0 Å². The molecule has 0 radical (unpaired) electrons. The molecule has 0 bridgehead atoms. The topological polar surface area (TPSA) is 53.1 Å². The molecule has 0 aromatic heterocycles. The minimum absolute atomic E-state index is 0.0580. The lowest BCUT2D eigenvalue weighted by atomic mass is 10.1. The Morgan fingerprint density at radius 3 is 2.73 bits per heavy atom. The van der Waals surface area contributed by atoms with E-state index >= 15 is 0 Å². The predicted octanol–water partition coefficient (Wildman–Crippen LogP) is 2.01. The van der Waals surface area contributed by atoms with Crippen LogP contribution in [0.3, 0.4) is 0 Å². The number of rotatable bonds is 2. The molecule has 3 heterocycles. The van der Waals surface area contributed by atoms with Crippen molar-refractivity contribution >= 4 is 29.1 Å². The number of anilines is 1. The van der Waals surface area contributed by atoms with Crippen molar-refractivity contribution in [1.29, 1.82) is 0 Å². The predicted molar refractivity (Wildman–Crippen MR) is 99.7 cm³/mol. The van der Waals surface area contributed by atoms with Crippen LogP contribution in [0.25, 0.3) is 0 Å². The van der Waals surface area contributed by atoms with E-state index in [-0.39, 0.29) is 24.0 Å². The minimum Gasteiger partial charge on any atom is -0.374 e. The molecule has 4 rings (SSSR count). The zero-order chi connectivity index (χ0) is 18.3. The van der Waals surface area contributed by atoms with Crippen LogP contribution in [-0.2, 0) is 9.53 Å². The third kappa shape index (κ3) is 3.16. The molecule has 3 saturated heterocycles. The van der Waals surface area contributed by atoms with Crippen LogP contribution in [0.4, 0.5) is 5.69 Å². The van der Waals surface area contributed by atoms with E-state index in [1.807, 2.05) is 12.1 Å². The molecule has 0 spiro atoms. The number of hydrogen-bond acceptors (Lipinski definition) is 4. The maximum Gasteiger partial charge on any atom is 0.254 e. The van der Waals surface area contributed by atoms with Crippen molar-refractivity contribution in [2.45, 2.75) is 31.4 Å². The number of carbonyl (C=O) groups is 2. The van der Waals surface area contributed by atoms with Crippen molar-refractivity contribution < 1.29 is 14.3 Å². The summed E-state index contributed by atoms with van der Waals surface area (Å²) in [6.45, 7) is 3.45. The summed E-state index contributed by atoms with van der Waals surface area (Å²) in [5.41, 5.74) is 1.59. The highest BCUT2D eigenvalue weighted by Crippen LogP contribution is 2.31. The van der Waals surface area contributed by atoms with Gasteiger partial charge in [-0.05, 0) is 31.0 Å². The number of likely N-dealkylation sites (N-methyl/N-ethyl adjacent to an activating group) is 1. The standard InChI is InChI=1S/C19H24ClN3O3/c1-21-16-11-23(12-17(16)26-9-6-18(21)24)19(25)13-4-5-15(14(20)10-13)22-7-2-3-8-22/h4-5,10,16-17H,2-3,6-9,11-12H2,1H3/t16-,17-/m0/s1. The quantitative estimate of drug-likeness (QED) is 0.791. The van der Waals surface area contributed by atoms with Gasteiger partial charge in [-0.2, -0.15) is 0 Å². The molecule has 0 unspecified atom stereocenters. The molecule has 0 aliphatic carbocycles. The third-order valence-corrected chi connectivity index (χ3v) is 6.01. The fourth-order valence-electron chi connectivity index (χ4n) is 4.15. The first-order chi connectivity index (χ1) is 12.5. The Balaban J connectivity index is 1.49. The first-order valence-corrected chi connectivity index (χ1v) is 9.63. The molecule has 0 N–H and O–H groups in total. The summed E-state index contributed by atoms with van der Waals surface area (Å²) in [4.78, 5) is 30.7. The third-order valence-electron chi connectivity index (χ3n) is 5.70. The van der Waals surface area contributed by atoms with Crippen molar-refractivity contribution in [3.63, 3.8) is 0 Å². The van der Waals surface area contributed by atoms with Crippen molar-refractivity contribution in [3.8, 4) is 0 Å². The Hall–Kier alpha value is -1.79. The van der Waals surface area contributed by atoms with Crippen molar-refractivity contribution in [3.05, 3.63) is 28.8 Å². The maximum absolute atomic E-state index is 12.9. The highest BCUT2D eigenvalue weighted by Gasteiger charge is 2.41. The van der Waals surface area contributed by atoms with Crippen LogP contribution in [0.2, 0.25) is 5.02 Å². The molecule has 3 fully saturated rings. The summed E-state index contributed by atoms with van der Waals surface area (Å²) in [6.07, 6.45) is 2.65. The summed E-state index contributed by atoms with van der Waals surface area (Å²) < 4.78 is 5.81. The summed E-state index contributed by atoms with van der Waals surface area (Å²) >= 11 is 6.46. The Morgan fingerprint density at radius 2 is 2.00 bits per heavy atom. The van der Waals surface area contributed by atoms with Crippen LogP contribution in [0, 0.1) is 0 Å². The molecular weight excluding hydrogens is 354 g/mol. The van der Waals surface area contributed by atoms with Gasteiger partial charge in [-0.1, -0.05) is 11.6 Å². The van der Waals surface area contributed by atoms with Gasteiger partial charge in [0.2, 0.25) is 5.91 Å². The van der Waals surface area contributed by atoms with Crippen LogP contribution < -0.4 is 4.90 Å². The first-order valence-electron chi connectivity index (χ1n) is 9.25. The second-order valence-corrected chi connectivity index (χ2v) is 7.71. The van der Waals surface area contributed by atoms with Gasteiger partial charge in [-0.15, -0.1) is 0 Å². The van der Waals surface area contributed by atoms with Gasteiger partial charge in [0.25, 0.3) is 5.91 Å². The lowest BCUT2D eigenvalue weighted by Crippen LogP contribution is -2.43. The fourth-order valence-corrected chi connectivity index (χ4v) is 4.45. The van der Waals surface area contributed by atoms with Gasteiger partial charge in [-0.3, -0.25) is 9.59 Å². The number of fused-ring (bicyclic) bond motifs is 1. The SMILES string of the molecule is CN1C(=O)CCO[C@H]2CN(C(=O)c3ccc(N4CCCC4)c(Cl)c3)C[C@@H]21. The van der Waals surface area contributed by atoms with Crippen LogP contribution in [0.15, 0.2) is 18.2 Å². The van der Waals surface area contributed by atoms with Crippen molar-refractivity contribution in [2.75, 3.05) is 44.7 Å². The first kappa shape index (κ1) is 17.6. The zero-order valence-electron chi connectivity index (χ0n) is 15.0. The number of carbonyl (C=O) groups excluding carboxylic acids is 2. The second-order valence-electron chi connectivity index (χ2n) is 7.30. The number of hydrogen-bond donors (Lipinski definition) is 0. The molecule has 3 aliphatic heterocycles. The molecule has 7 heteroatoms. The average Bonchev–Trinajstić information content (AvgIpc) is 3.28. The number of ether oxygens (including phenoxy) is 1. The summed E-state index contributed by atoms with van der Waals surface area (Å²) in [5, 5.41) is 0.620. The average molecular weight is 378 g/mol. The summed E-state index contributed by atoms with van der Waals surface area (Å²) in [6, 6.07) is 5.49. The van der Waals surface area contributed by atoms with E-state index in [9.17, 15) is 9.59 Å². The molecule has 26 heavy (non-hydrogen) atoms. The van der Waals surface area contributed by atoms with Gasteiger partial charge in [0, 0.05) is 38.8 Å². The molecule has 6 nitrogen and oxygen atoms in total. The van der Waals surface area contributed by atoms with Gasteiger partial charge in [0.05, 0.1) is 35.9 Å². The van der Waals surface area contributed by atoms with Crippen LogP contribution in [0.5, 0.6) is 0 Å². The summed E-state index contributed by atoms with van der Waals surface area (Å²) in [5.74, 6) is 0.0159. The molecular formula is C19H24ClN3O3. The molecule has 140 valence electrons. The van der Waals surface area contributed by atoms with Gasteiger partial charge in [0.1, 0.15) is 0 Å². The van der Waals surface area contributed by atoms with E-state index in [1.54, 1.807) is 22.9 Å². The smallest absolute Gasteiger partial charge is 0.254 e. The van der Waals surface area contributed by atoms with Gasteiger partial charge in [-0.25, -0.2) is 0 Å². The molecule has 2 atom stereocenters. The lowest BCUT2D eigenvalue weighted by molar-refractivity contribution is -0.131. The second kappa shape index (κ2) is 7.08. The monoisotopic (exact) mass is 377 g/mol. The normalized spacial score (nSPS) is 26.2. The molecule has 2 amide bonds. The Labute approximate surface area is 158 Å². The maximum atomic E-state index is 12.9. The number of benzene rings is 1. The van der Waals surface area contributed by atoms with Crippen LogP contribution >= 0.6 is 11.6 Å². The highest BCUT2D eigenvalue weighted by atomic mass is 35.5. The molecule has 1 aromatic carbocycles. The largest absolute Gasteiger partial charge is 0.374 e. The van der Waals surface area contributed by atoms with Gasteiger partial charge in [0.15, 0.2) is 0 Å². The Kier molecular flexibility index (Phi) is 4.80. The number of likely N-dealkylation sites (tertiary alicyclic amines) is 1. The molecule has 1 aromatic rings. The Bertz CT molecular complexity index is 720. The van der Waals surface area contributed by atoms with Gasteiger partial charge >= 0.3 is 0 Å². The zero-order valence-corrected chi connectivity index (χ0v) is 15.7. The number of amides is 2. The number of nitrogens with zero attached hydrogens (tertiary/aromatic N) is 3.